The van der Waals surface area contributed by atoms with Gasteiger partial charge in [-0.05, 0) is 64.4 Å². The van der Waals surface area contributed by atoms with Gasteiger partial charge in [-0.15, -0.1) is 0 Å². The topological polar surface area (TPSA) is 38.3 Å². The Morgan fingerprint density at radius 1 is 1.17 bits per heavy atom. The summed E-state index contributed by atoms with van der Waals surface area (Å²) in [6, 6.07) is 9.86. The van der Waals surface area contributed by atoms with E-state index in [-0.39, 0.29) is 11.5 Å². The minimum absolute atomic E-state index is 0.0310. The fourth-order valence-electron chi connectivity index (χ4n) is 2.78. The molecule has 0 atom stereocenters. The van der Waals surface area contributed by atoms with Crippen LogP contribution in [-0.2, 0) is 4.74 Å². The summed E-state index contributed by atoms with van der Waals surface area (Å²) in [5, 5.41) is 7.21. The molecule has 0 saturated carbocycles. The van der Waals surface area contributed by atoms with E-state index in [0.29, 0.717) is 12.1 Å². The highest BCUT2D eigenvalue weighted by molar-refractivity contribution is 7.99. The summed E-state index contributed by atoms with van der Waals surface area (Å²) in [4.78, 5) is 12.4. The van der Waals surface area contributed by atoms with Crippen LogP contribution in [0.3, 0.4) is 0 Å². The van der Waals surface area contributed by atoms with E-state index in [0.717, 1.165) is 29.9 Å². The van der Waals surface area contributed by atoms with Crippen molar-refractivity contribution in [1.29, 1.82) is 0 Å². The highest BCUT2D eigenvalue weighted by Gasteiger charge is 2.32. The first-order chi connectivity index (χ1) is 11.2. The largest absolute Gasteiger partial charge is 0.376 e. The van der Waals surface area contributed by atoms with E-state index in [9.17, 15) is 4.79 Å². The van der Waals surface area contributed by atoms with Gasteiger partial charge in [0.05, 0.1) is 5.60 Å². The molecule has 1 aromatic heterocycles. The van der Waals surface area contributed by atoms with Crippen molar-refractivity contribution in [3.8, 4) is 11.1 Å². The summed E-state index contributed by atoms with van der Waals surface area (Å²) in [7, 11) is 1.75. The first kappa shape index (κ1) is 16.6. The molecule has 0 unspecified atom stereocenters. The number of carbonyl (C=O) groups is 1. The number of rotatable bonds is 5. The number of nitrogens with one attached hydrogen (secondary N) is 1. The summed E-state index contributed by atoms with van der Waals surface area (Å²) in [6.07, 6.45) is 1.98. The standard InChI is InChI=1S/C18H21NO2S2/c1-21-18(7-10-22-11-8-18)13-19-17(20)15-4-2-14(3-5-15)16-6-9-23-12-16/h2-6,9,12H,7-8,10-11,13H2,1H3,(H,19,20). The number of ether oxygens (including phenoxy) is 1. The van der Waals surface area contributed by atoms with Crippen LogP contribution in [0.5, 0.6) is 0 Å². The van der Waals surface area contributed by atoms with Gasteiger partial charge in [-0.25, -0.2) is 0 Å². The van der Waals surface area contributed by atoms with Gasteiger partial charge in [-0.2, -0.15) is 23.1 Å². The third-order valence-corrected chi connectivity index (χ3v) is 6.08. The second-order valence-corrected chi connectivity index (χ2v) is 7.78. The highest BCUT2D eigenvalue weighted by Crippen LogP contribution is 2.29. The molecule has 2 heterocycles. The zero-order valence-corrected chi connectivity index (χ0v) is 14.8. The van der Waals surface area contributed by atoms with Crippen LogP contribution in [-0.4, -0.2) is 36.7 Å². The predicted molar refractivity (Wildman–Crippen MR) is 98.4 cm³/mol. The Bertz CT molecular complexity index is 632. The molecular weight excluding hydrogens is 326 g/mol. The van der Waals surface area contributed by atoms with Crippen LogP contribution in [0.15, 0.2) is 41.1 Å². The molecule has 3 rings (SSSR count). The highest BCUT2D eigenvalue weighted by atomic mass is 32.2. The van der Waals surface area contributed by atoms with Crippen molar-refractivity contribution >= 4 is 29.0 Å². The quantitative estimate of drug-likeness (QED) is 0.886. The van der Waals surface area contributed by atoms with Crippen molar-refractivity contribution in [2.45, 2.75) is 18.4 Å². The fraction of sp³-hybridized carbons (Fsp3) is 0.389. The predicted octanol–water partition coefficient (Wildman–Crippen LogP) is 4.06. The van der Waals surface area contributed by atoms with Gasteiger partial charge >= 0.3 is 0 Å². The number of benzene rings is 1. The van der Waals surface area contributed by atoms with E-state index in [2.05, 4.69) is 22.1 Å². The summed E-state index contributed by atoms with van der Waals surface area (Å²) in [5.74, 6) is 2.16. The number of methoxy groups -OCH3 is 1. The average molecular weight is 348 g/mol. The molecule has 1 aromatic carbocycles. The number of hydrogen-bond donors (Lipinski definition) is 1. The maximum absolute atomic E-state index is 12.4. The molecule has 0 radical (unpaired) electrons. The van der Waals surface area contributed by atoms with Gasteiger partial charge in [0.25, 0.3) is 5.91 Å². The lowest BCUT2D eigenvalue weighted by Crippen LogP contribution is -2.46. The normalized spacial score (nSPS) is 16.9. The molecular formula is C18H21NO2S2. The van der Waals surface area contributed by atoms with Gasteiger partial charge in [-0.3, -0.25) is 4.79 Å². The maximum atomic E-state index is 12.4. The molecule has 1 amide bonds. The fourth-order valence-corrected chi connectivity index (χ4v) is 4.68. The molecule has 0 spiro atoms. The molecule has 1 aliphatic heterocycles. The van der Waals surface area contributed by atoms with Crippen LogP contribution < -0.4 is 5.32 Å². The van der Waals surface area contributed by atoms with Crippen molar-refractivity contribution < 1.29 is 9.53 Å². The third-order valence-electron chi connectivity index (χ3n) is 4.41. The summed E-state index contributed by atoms with van der Waals surface area (Å²) < 4.78 is 5.71. The molecule has 0 aliphatic carbocycles. The second-order valence-electron chi connectivity index (χ2n) is 5.77. The van der Waals surface area contributed by atoms with E-state index in [1.165, 1.54) is 5.56 Å². The molecule has 1 fully saturated rings. The van der Waals surface area contributed by atoms with Crippen molar-refractivity contribution in [2.75, 3.05) is 25.2 Å². The molecule has 122 valence electrons. The summed E-state index contributed by atoms with van der Waals surface area (Å²) in [5.41, 5.74) is 2.83. The molecule has 0 bridgehead atoms. The van der Waals surface area contributed by atoms with Crippen LogP contribution in [0.4, 0.5) is 0 Å². The molecule has 1 saturated heterocycles. The van der Waals surface area contributed by atoms with Crippen molar-refractivity contribution in [3.63, 3.8) is 0 Å². The summed E-state index contributed by atoms with van der Waals surface area (Å²) in [6.45, 7) is 0.579. The molecule has 5 heteroatoms. The third kappa shape index (κ3) is 3.97. The number of hydrogen-bond acceptors (Lipinski definition) is 4. The first-order valence-electron chi connectivity index (χ1n) is 7.76. The van der Waals surface area contributed by atoms with Crippen LogP contribution >= 0.6 is 23.1 Å². The number of thioether (sulfide) groups is 1. The molecule has 1 N–H and O–H groups in total. The van der Waals surface area contributed by atoms with Gasteiger partial charge in [0.15, 0.2) is 0 Å². The molecule has 3 nitrogen and oxygen atoms in total. The Morgan fingerprint density at radius 2 is 1.91 bits per heavy atom. The van der Waals surface area contributed by atoms with Crippen LogP contribution in [0, 0.1) is 0 Å². The number of amides is 1. The van der Waals surface area contributed by atoms with Gasteiger partial charge < -0.3 is 10.1 Å². The minimum atomic E-state index is -0.197. The number of thiophene rings is 1. The van der Waals surface area contributed by atoms with Crippen molar-refractivity contribution in [2.24, 2.45) is 0 Å². The van der Waals surface area contributed by atoms with E-state index in [1.807, 2.05) is 36.0 Å². The molecule has 2 aromatic rings. The maximum Gasteiger partial charge on any atom is 0.251 e. The Kier molecular flexibility index (Phi) is 5.41. The van der Waals surface area contributed by atoms with Crippen LogP contribution in [0.25, 0.3) is 11.1 Å². The van der Waals surface area contributed by atoms with E-state index in [4.69, 9.17) is 4.74 Å². The lowest BCUT2D eigenvalue weighted by Gasteiger charge is -2.35. The first-order valence-corrected chi connectivity index (χ1v) is 9.86. The Balaban J connectivity index is 1.62. The zero-order valence-electron chi connectivity index (χ0n) is 13.2. The van der Waals surface area contributed by atoms with E-state index < -0.39 is 0 Å². The van der Waals surface area contributed by atoms with Gasteiger partial charge in [-0.1, -0.05) is 12.1 Å². The van der Waals surface area contributed by atoms with Gasteiger partial charge in [0, 0.05) is 19.2 Å². The monoisotopic (exact) mass is 347 g/mol. The number of carbonyl (C=O) groups excluding carboxylic acids is 1. The summed E-state index contributed by atoms with van der Waals surface area (Å²) >= 11 is 3.63. The SMILES string of the molecule is COC1(CNC(=O)c2ccc(-c3ccsc3)cc2)CCSCC1. The molecule has 1 aliphatic rings. The van der Waals surface area contributed by atoms with Crippen molar-refractivity contribution in [1.82, 2.24) is 5.32 Å². The molecule has 23 heavy (non-hydrogen) atoms. The van der Waals surface area contributed by atoms with E-state index in [1.54, 1.807) is 18.4 Å². The van der Waals surface area contributed by atoms with E-state index >= 15 is 0 Å². The van der Waals surface area contributed by atoms with Gasteiger partial charge in [0.2, 0.25) is 0 Å². The van der Waals surface area contributed by atoms with Crippen LogP contribution in [0.2, 0.25) is 0 Å². The van der Waals surface area contributed by atoms with Crippen molar-refractivity contribution in [3.05, 3.63) is 46.7 Å². The zero-order chi connectivity index (χ0) is 16.1. The Labute approximate surface area is 145 Å². The Hall–Kier alpha value is -1.30. The average Bonchev–Trinajstić information content (AvgIpc) is 3.15. The lowest BCUT2D eigenvalue weighted by atomic mass is 9.96. The Morgan fingerprint density at radius 3 is 2.52 bits per heavy atom. The smallest absolute Gasteiger partial charge is 0.251 e. The van der Waals surface area contributed by atoms with Gasteiger partial charge in [0.1, 0.15) is 0 Å². The lowest BCUT2D eigenvalue weighted by molar-refractivity contribution is -0.0149. The second kappa shape index (κ2) is 7.51. The minimum Gasteiger partial charge on any atom is -0.376 e. The van der Waals surface area contributed by atoms with Crippen LogP contribution in [0.1, 0.15) is 23.2 Å².